The molecule has 3 heterocycles. The largest absolute Gasteiger partial charge is 0.489 e. The summed E-state index contributed by atoms with van der Waals surface area (Å²) in [5.74, 6) is 1.07. The molecule has 0 aromatic heterocycles. The lowest BCUT2D eigenvalue weighted by Gasteiger charge is -2.29. The van der Waals surface area contributed by atoms with Crippen molar-refractivity contribution in [3.05, 3.63) is 24.0 Å². The van der Waals surface area contributed by atoms with Crippen LogP contribution < -0.4 is 20.3 Å². The van der Waals surface area contributed by atoms with Gasteiger partial charge >= 0.3 is 6.03 Å². The molecule has 8 heteroatoms. The van der Waals surface area contributed by atoms with E-state index in [1.54, 1.807) is 11.0 Å². The summed E-state index contributed by atoms with van der Waals surface area (Å²) in [6.07, 6.45) is 3.21. The van der Waals surface area contributed by atoms with Gasteiger partial charge in [0.15, 0.2) is 0 Å². The molecule has 3 aliphatic heterocycles. The highest BCUT2D eigenvalue weighted by molar-refractivity contribution is 8.00. The van der Waals surface area contributed by atoms with E-state index < -0.39 is 0 Å². The van der Waals surface area contributed by atoms with Gasteiger partial charge in [-0.15, -0.1) is 0 Å². The lowest BCUT2D eigenvalue weighted by atomic mass is 10.0. The van der Waals surface area contributed by atoms with Crippen LogP contribution in [-0.2, 0) is 4.79 Å². The van der Waals surface area contributed by atoms with Gasteiger partial charge < -0.3 is 20.3 Å². The number of halogens is 1. The van der Waals surface area contributed by atoms with Crippen molar-refractivity contribution in [2.45, 2.75) is 43.0 Å². The van der Waals surface area contributed by atoms with Crippen molar-refractivity contribution in [1.29, 1.82) is 0 Å². The number of fused-ring (bicyclic) bond motifs is 2. The molecule has 0 spiro atoms. The van der Waals surface area contributed by atoms with Crippen LogP contribution in [0.25, 0.3) is 0 Å². The minimum absolute atomic E-state index is 0.0499. The van der Waals surface area contributed by atoms with Crippen LogP contribution in [0, 0.1) is 5.82 Å². The smallest absolute Gasteiger partial charge is 0.315 e. The van der Waals surface area contributed by atoms with E-state index >= 15 is 0 Å². The second-order valence-electron chi connectivity index (χ2n) is 6.87. The highest BCUT2D eigenvalue weighted by atomic mass is 32.2. The number of hydrogen-bond donors (Lipinski definition) is 2. The minimum Gasteiger partial charge on any atom is -0.489 e. The van der Waals surface area contributed by atoms with Crippen molar-refractivity contribution in [1.82, 2.24) is 10.6 Å². The van der Waals surface area contributed by atoms with Gasteiger partial charge in [0.2, 0.25) is 5.91 Å². The van der Waals surface area contributed by atoms with Crippen molar-refractivity contribution in [2.75, 3.05) is 23.8 Å². The molecule has 0 saturated carbocycles. The number of amides is 3. The Morgan fingerprint density at radius 3 is 3.12 bits per heavy atom. The Balaban J connectivity index is 1.26. The molecule has 3 aliphatic rings. The number of hydrogen-bond acceptors (Lipinski definition) is 4. The minimum atomic E-state index is -0.362. The van der Waals surface area contributed by atoms with Gasteiger partial charge in [-0.25, -0.2) is 9.18 Å². The van der Waals surface area contributed by atoms with E-state index in [9.17, 15) is 14.0 Å². The van der Waals surface area contributed by atoms with Crippen LogP contribution in [0.2, 0.25) is 0 Å². The summed E-state index contributed by atoms with van der Waals surface area (Å²) in [5, 5.41) is 6.35. The molecule has 2 N–H and O–H groups in total. The SMILES string of the molecule is O=C1N[C@H]2[C@H](CS[C@H]2CCCCC(=O)N2CCOc3cc(F)ccc32)N1. The fourth-order valence-corrected chi connectivity index (χ4v) is 5.40. The maximum Gasteiger partial charge on any atom is 0.315 e. The van der Waals surface area contributed by atoms with Crippen LogP contribution in [0.4, 0.5) is 14.9 Å². The summed E-state index contributed by atoms with van der Waals surface area (Å²) in [5.41, 5.74) is 0.650. The number of ether oxygens (including phenoxy) is 1. The van der Waals surface area contributed by atoms with Crippen molar-refractivity contribution in [2.24, 2.45) is 0 Å². The lowest BCUT2D eigenvalue weighted by molar-refractivity contribution is -0.119. The number of nitrogens with zero attached hydrogens (tertiary/aromatic N) is 1. The van der Waals surface area contributed by atoms with Crippen LogP contribution in [0.3, 0.4) is 0 Å². The Labute approximate surface area is 155 Å². The molecule has 0 unspecified atom stereocenters. The normalized spacial score (nSPS) is 26.6. The maximum absolute atomic E-state index is 13.3. The Hall–Kier alpha value is -1.96. The first-order valence-corrected chi connectivity index (χ1v) is 10.1. The number of nitrogens with one attached hydrogen (secondary N) is 2. The average molecular weight is 379 g/mol. The van der Waals surface area contributed by atoms with Crippen LogP contribution in [0.15, 0.2) is 18.2 Å². The van der Waals surface area contributed by atoms with Gasteiger partial charge in [-0.05, 0) is 25.0 Å². The van der Waals surface area contributed by atoms with E-state index in [1.807, 2.05) is 11.8 Å². The molecule has 140 valence electrons. The molecule has 3 amide bonds. The van der Waals surface area contributed by atoms with Gasteiger partial charge in [0, 0.05) is 23.5 Å². The van der Waals surface area contributed by atoms with Crippen LogP contribution in [-0.4, -0.2) is 48.2 Å². The second-order valence-corrected chi connectivity index (χ2v) is 8.15. The average Bonchev–Trinajstić information content (AvgIpc) is 3.17. The number of urea groups is 1. The van der Waals surface area contributed by atoms with Crippen LogP contribution >= 0.6 is 11.8 Å². The summed E-state index contributed by atoms with van der Waals surface area (Å²) < 4.78 is 18.8. The van der Waals surface area contributed by atoms with Crippen molar-refractivity contribution in [3.8, 4) is 5.75 Å². The second kappa shape index (κ2) is 7.34. The lowest BCUT2D eigenvalue weighted by Crippen LogP contribution is -2.38. The summed E-state index contributed by atoms with van der Waals surface area (Å²) in [4.78, 5) is 25.7. The number of anilines is 1. The van der Waals surface area contributed by atoms with E-state index in [0.717, 1.165) is 25.0 Å². The highest BCUT2D eigenvalue weighted by Crippen LogP contribution is 2.34. The maximum atomic E-state index is 13.3. The van der Waals surface area contributed by atoms with E-state index in [4.69, 9.17) is 4.74 Å². The molecule has 6 nitrogen and oxygen atoms in total. The third kappa shape index (κ3) is 3.47. The summed E-state index contributed by atoms with van der Waals surface area (Å²) in [6.45, 7) is 0.883. The van der Waals surface area contributed by atoms with Crippen molar-refractivity contribution < 1.29 is 18.7 Å². The Bertz CT molecular complexity index is 717. The monoisotopic (exact) mass is 379 g/mol. The standard InChI is InChI=1S/C18H22FN3O3S/c19-11-5-6-13-14(9-11)25-8-7-22(13)16(23)4-2-1-3-15-17-12(10-26-15)20-18(24)21-17/h5-6,9,12,15,17H,1-4,7-8,10H2,(H2,20,21,24)/t12-,15-,17-/m0/s1. The molecular formula is C18H22FN3O3S. The van der Waals surface area contributed by atoms with Crippen molar-refractivity contribution >= 4 is 29.4 Å². The fraction of sp³-hybridized carbons (Fsp3) is 0.556. The quantitative estimate of drug-likeness (QED) is 0.608. The summed E-state index contributed by atoms with van der Waals surface area (Å²) in [7, 11) is 0. The zero-order valence-electron chi connectivity index (χ0n) is 14.4. The molecule has 0 bridgehead atoms. The topological polar surface area (TPSA) is 70.7 Å². The predicted octanol–water partition coefficient (Wildman–Crippen LogP) is 2.28. The van der Waals surface area contributed by atoms with Gasteiger partial charge in [-0.2, -0.15) is 11.8 Å². The van der Waals surface area contributed by atoms with E-state index in [2.05, 4.69) is 10.6 Å². The van der Waals surface area contributed by atoms with E-state index in [0.29, 0.717) is 36.3 Å². The van der Waals surface area contributed by atoms with Crippen LogP contribution in [0.1, 0.15) is 25.7 Å². The van der Waals surface area contributed by atoms with Gasteiger partial charge in [-0.1, -0.05) is 6.42 Å². The molecule has 4 rings (SSSR count). The van der Waals surface area contributed by atoms with E-state index in [1.165, 1.54) is 12.1 Å². The molecule has 1 aromatic carbocycles. The summed E-state index contributed by atoms with van der Waals surface area (Å²) in [6, 6.07) is 4.67. The first-order valence-electron chi connectivity index (χ1n) is 9.03. The van der Waals surface area contributed by atoms with Gasteiger partial charge in [-0.3, -0.25) is 4.79 Å². The first kappa shape index (κ1) is 17.5. The first-order chi connectivity index (χ1) is 12.6. The molecule has 3 atom stereocenters. The Morgan fingerprint density at radius 1 is 1.35 bits per heavy atom. The number of thioether (sulfide) groups is 1. The zero-order chi connectivity index (χ0) is 18.1. The van der Waals surface area contributed by atoms with Gasteiger partial charge in [0.25, 0.3) is 0 Å². The molecule has 0 radical (unpaired) electrons. The molecule has 26 heavy (non-hydrogen) atoms. The van der Waals surface area contributed by atoms with E-state index in [-0.39, 0.29) is 29.8 Å². The number of unbranched alkanes of at least 4 members (excludes halogenated alkanes) is 1. The number of carbonyl (C=O) groups is 2. The number of benzene rings is 1. The summed E-state index contributed by atoms with van der Waals surface area (Å²) >= 11 is 1.89. The molecular weight excluding hydrogens is 357 g/mol. The predicted molar refractivity (Wildman–Crippen MR) is 98.2 cm³/mol. The molecule has 2 fully saturated rings. The fourth-order valence-electron chi connectivity index (χ4n) is 3.85. The van der Waals surface area contributed by atoms with Crippen LogP contribution in [0.5, 0.6) is 5.75 Å². The number of rotatable bonds is 5. The zero-order valence-corrected chi connectivity index (χ0v) is 15.2. The Kier molecular flexibility index (Phi) is 4.93. The third-order valence-electron chi connectivity index (χ3n) is 5.15. The van der Waals surface area contributed by atoms with Crippen molar-refractivity contribution in [3.63, 3.8) is 0 Å². The molecule has 0 aliphatic carbocycles. The van der Waals surface area contributed by atoms with Gasteiger partial charge in [0.1, 0.15) is 18.2 Å². The number of carbonyl (C=O) groups excluding carboxylic acids is 2. The third-order valence-corrected chi connectivity index (χ3v) is 6.66. The Morgan fingerprint density at radius 2 is 2.23 bits per heavy atom. The molecule has 2 saturated heterocycles. The highest BCUT2D eigenvalue weighted by Gasteiger charge is 2.42. The van der Waals surface area contributed by atoms with Gasteiger partial charge in [0.05, 0.1) is 24.3 Å². The molecule has 1 aromatic rings.